The smallest absolute Gasteiger partial charge is 0.246 e. The average Bonchev–Trinajstić information content (AvgIpc) is 3.46. The zero-order valence-corrected chi connectivity index (χ0v) is 15.4. The molecule has 0 atom stereocenters. The van der Waals surface area contributed by atoms with Gasteiger partial charge in [0.15, 0.2) is 5.82 Å². The molecule has 2 aromatic heterocycles. The molecule has 1 N–H and O–H groups in total. The minimum Gasteiger partial charge on any atom is -0.324 e. The van der Waals surface area contributed by atoms with Crippen molar-refractivity contribution in [3.63, 3.8) is 0 Å². The van der Waals surface area contributed by atoms with Crippen molar-refractivity contribution in [2.45, 2.75) is 25.4 Å². The van der Waals surface area contributed by atoms with Crippen LogP contribution < -0.4 is 10.7 Å². The predicted octanol–water partition coefficient (Wildman–Crippen LogP) is 2.02. The van der Waals surface area contributed by atoms with E-state index in [9.17, 15) is 9.59 Å². The molecule has 1 saturated carbocycles. The van der Waals surface area contributed by atoms with Crippen molar-refractivity contribution in [2.75, 3.05) is 5.32 Å². The largest absolute Gasteiger partial charge is 0.324 e. The number of benzene rings is 2. The first-order valence-electron chi connectivity index (χ1n) is 9.32. The second-order valence-corrected chi connectivity index (χ2v) is 6.99. The van der Waals surface area contributed by atoms with Crippen molar-refractivity contribution in [1.82, 2.24) is 30.0 Å². The van der Waals surface area contributed by atoms with Crippen LogP contribution in [-0.2, 0) is 11.3 Å². The normalized spacial score (nSPS) is 13.5. The van der Waals surface area contributed by atoms with Gasteiger partial charge in [0.1, 0.15) is 6.54 Å². The molecule has 0 unspecified atom stereocenters. The molecule has 1 aliphatic carbocycles. The topological polar surface area (TPSA) is 108 Å². The molecular weight excluding hydrogens is 370 g/mol. The molecule has 5 rings (SSSR count). The molecule has 0 bridgehead atoms. The number of hydrogen-bond acceptors (Lipinski definition) is 6. The summed E-state index contributed by atoms with van der Waals surface area (Å²) in [4.78, 5) is 24.5. The Balaban J connectivity index is 1.37. The van der Waals surface area contributed by atoms with Crippen LogP contribution in [0.5, 0.6) is 0 Å². The van der Waals surface area contributed by atoms with E-state index < -0.39 is 0 Å². The van der Waals surface area contributed by atoms with E-state index in [4.69, 9.17) is 0 Å². The zero-order chi connectivity index (χ0) is 19.8. The monoisotopic (exact) mass is 387 g/mol. The number of para-hydroxylation sites is 1. The number of anilines is 1. The highest BCUT2D eigenvalue weighted by Crippen LogP contribution is 2.36. The van der Waals surface area contributed by atoms with Crippen LogP contribution in [0.15, 0.2) is 59.5 Å². The molecule has 1 amide bonds. The van der Waals surface area contributed by atoms with Crippen LogP contribution in [-0.4, -0.2) is 35.9 Å². The number of fused-ring (bicyclic) bond motifs is 1. The molecule has 0 radical (unpaired) electrons. The van der Waals surface area contributed by atoms with Gasteiger partial charge in [0.25, 0.3) is 0 Å². The van der Waals surface area contributed by atoms with Gasteiger partial charge in [-0.15, -0.1) is 5.10 Å². The number of rotatable bonds is 5. The fraction of sp³-hybridized carbons (Fsp3) is 0.200. The van der Waals surface area contributed by atoms with E-state index in [0.717, 1.165) is 18.4 Å². The maximum atomic E-state index is 12.6. The number of tetrazole rings is 1. The van der Waals surface area contributed by atoms with Crippen molar-refractivity contribution in [3.05, 3.63) is 65.0 Å². The van der Waals surface area contributed by atoms with E-state index in [1.807, 2.05) is 35.0 Å². The van der Waals surface area contributed by atoms with Crippen LogP contribution >= 0.6 is 0 Å². The molecule has 4 aromatic rings. The van der Waals surface area contributed by atoms with Crippen LogP contribution in [0.1, 0.15) is 18.9 Å². The van der Waals surface area contributed by atoms with Gasteiger partial charge in [0.05, 0.1) is 17.8 Å². The van der Waals surface area contributed by atoms with Gasteiger partial charge in [-0.05, 0) is 47.5 Å². The Kier molecular flexibility index (Phi) is 4.12. The fourth-order valence-corrected chi connectivity index (χ4v) is 3.31. The standard InChI is InChI=1S/C20H17N7O2/c28-18-11-21-26(17-7-2-1-6-16(17)18)12-19(29)22-14-5-3-4-13(10-14)20-23-24-25-27(20)15-8-9-15/h1-7,10-11,15H,8-9,12H2,(H,22,29). The Hall–Kier alpha value is -3.88. The van der Waals surface area contributed by atoms with Crippen LogP contribution in [0.4, 0.5) is 5.69 Å². The van der Waals surface area contributed by atoms with E-state index >= 15 is 0 Å². The number of nitrogens with one attached hydrogen (secondary N) is 1. The van der Waals surface area contributed by atoms with Crippen LogP contribution in [0, 0.1) is 0 Å². The first kappa shape index (κ1) is 17.2. The van der Waals surface area contributed by atoms with Crippen molar-refractivity contribution in [2.24, 2.45) is 0 Å². The van der Waals surface area contributed by atoms with E-state index in [-0.39, 0.29) is 17.9 Å². The summed E-state index contributed by atoms with van der Waals surface area (Å²) in [5.41, 5.74) is 1.93. The van der Waals surface area contributed by atoms with Crippen molar-refractivity contribution >= 4 is 22.5 Å². The molecule has 0 saturated heterocycles. The van der Waals surface area contributed by atoms with E-state index in [0.29, 0.717) is 28.5 Å². The Bertz CT molecular complexity index is 1270. The molecule has 0 spiro atoms. The number of nitrogens with zero attached hydrogens (tertiary/aromatic N) is 6. The minimum absolute atomic E-state index is 0.00909. The summed E-state index contributed by atoms with van der Waals surface area (Å²) in [6.07, 6.45) is 3.39. The minimum atomic E-state index is -0.245. The number of hydrogen-bond donors (Lipinski definition) is 1. The Morgan fingerprint density at radius 2 is 2.00 bits per heavy atom. The number of carbonyl (C=O) groups is 1. The third-order valence-electron chi connectivity index (χ3n) is 4.85. The quantitative estimate of drug-likeness (QED) is 0.561. The van der Waals surface area contributed by atoms with Gasteiger partial charge in [0.2, 0.25) is 11.3 Å². The third kappa shape index (κ3) is 3.38. The molecule has 0 aliphatic heterocycles. The molecule has 2 heterocycles. The van der Waals surface area contributed by atoms with Crippen LogP contribution in [0.25, 0.3) is 22.3 Å². The van der Waals surface area contributed by atoms with E-state index in [1.54, 1.807) is 18.2 Å². The van der Waals surface area contributed by atoms with Crippen molar-refractivity contribution in [1.29, 1.82) is 0 Å². The summed E-state index contributed by atoms with van der Waals surface area (Å²) in [7, 11) is 0. The second-order valence-electron chi connectivity index (χ2n) is 6.99. The van der Waals surface area contributed by atoms with Gasteiger partial charge in [-0.3, -0.25) is 14.3 Å². The highest BCUT2D eigenvalue weighted by atomic mass is 16.2. The third-order valence-corrected chi connectivity index (χ3v) is 4.85. The van der Waals surface area contributed by atoms with Gasteiger partial charge in [-0.25, -0.2) is 4.68 Å². The summed E-state index contributed by atoms with van der Waals surface area (Å²) in [5, 5.41) is 19.5. The summed E-state index contributed by atoms with van der Waals surface area (Å²) in [6.45, 7) is -0.00909. The summed E-state index contributed by atoms with van der Waals surface area (Å²) < 4.78 is 3.35. The van der Waals surface area contributed by atoms with Gasteiger partial charge in [0, 0.05) is 16.6 Å². The first-order chi connectivity index (χ1) is 14.2. The summed E-state index contributed by atoms with van der Waals surface area (Å²) in [5.74, 6) is 0.446. The lowest BCUT2D eigenvalue weighted by Gasteiger charge is -2.10. The molecule has 9 nitrogen and oxygen atoms in total. The number of carbonyl (C=O) groups excluding carboxylic acids is 1. The first-order valence-corrected chi connectivity index (χ1v) is 9.32. The van der Waals surface area contributed by atoms with E-state index in [2.05, 4.69) is 25.9 Å². The van der Waals surface area contributed by atoms with Crippen LogP contribution in [0.2, 0.25) is 0 Å². The Labute approximate surface area is 165 Å². The van der Waals surface area contributed by atoms with Crippen molar-refractivity contribution < 1.29 is 4.79 Å². The van der Waals surface area contributed by atoms with Crippen molar-refractivity contribution in [3.8, 4) is 11.4 Å². The maximum absolute atomic E-state index is 12.6. The molecule has 2 aromatic carbocycles. The lowest BCUT2D eigenvalue weighted by Crippen LogP contribution is -2.22. The van der Waals surface area contributed by atoms with Gasteiger partial charge in [-0.2, -0.15) is 5.10 Å². The second kappa shape index (κ2) is 6.93. The lowest BCUT2D eigenvalue weighted by atomic mass is 10.2. The fourth-order valence-electron chi connectivity index (χ4n) is 3.31. The highest BCUT2D eigenvalue weighted by Gasteiger charge is 2.28. The van der Waals surface area contributed by atoms with E-state index in [1.165, 1.54) is 10.9 Å². The van der Waals surface area contributed by atoms with Crippen LogP contribution in [0.3, 0.4) is 0 Å². The van der Waals surface area contributed by atoms with Gasteiger partial charge in [-0.1, -0.05) is 24.3 Å². The summed E-state index contributed by atoms with van der Waals surface area (Å²) >= 11 is 0. The molecule has 1 fully saturated rings. The number of aromatic nitrogens is 6. The zero-order valence-electron chi connectivity index (χ0n) is 15.4. The molecule has 9 heteroatoms. The Morgan fingerprint density at radius 1 is 1.14 bits per heavy atom. The Morgan fingerprint density at radius 3 is 2.86 bits per heavy atom. The van der Waals surface area contributed by atoms with Gasteiger partial charge < -0.3 is 5.32 Å². The van der Waals surface area contributed by atoms with Gasteiger partial charge >= 0.3 is 0 Å². The maximum Gasteiger partial charge on any atom is 0.246 e. The SMILES string of the molecule is O=C(Cn1ncc(=O)c2ccccc21)Nc1cccc(-c2nnnn2C2CC2)c1. The summed E-state index contributed by atoms with van der Waals surface area (Å²) in [6, 6.07) is 14.9. The molecule has 29 heavy (non-hydrogen) atoms. The predicted molar refractivity (Wildman–Crippen MR) is 106 cm³/mol. The molecule has 1 aliphatic rings. The highest BCUT2D eigenvalue weighted by molar-refractivity contribution is 5.92. The average molecular weight is 387 g/mol. The number of amides is 1. The lowest BCUT2D eigenvalue weighted by molar-refractivity contribution is -0.116. The molecule has 144 valence electrons. The molecular formula is C20H17N7O2.